The van der Waals surface area contributed by atoms with Crippen LogP contribution in [0.3, 0.4) is 0 Å². The van der Waals surface area contributed by atoms with Crippen LogP contribution in [0, 0.1) is 0 Å². The summed E-state index contributed by atoms with van der Waals surface area (Å²) < 4.78 is 8.40. The third-order valence-electron chi connectivity index (χ3n) is 2.48. The van der Waals surface area contributed by atoms with Crippen molar-refractivity contribution >= 4 is 42.7 Å². The Kier molecular flexibility index (Phi) is 17.5. The van der Waals surface area contributed by atoms with E-state index in [1.165, 1.54) is 38.5 Å². The molecular weight excluding hydrogens is 312 g/mol. The van der Waals surface area contributed by atoms with Gasteiger partial charge in [0.15, 0.2) is 0 Å². The van der Waals surface area contributed by atoms with E-state index in [4.69, 9.17) is 0 Å². The number of halogens is 4. The van der Waals surface area contributed by atoms with Gasteiger partial charge in [0.25, 0.3) is 0 Å². The lowest BCUT2D eigenvalue weighted by Gasteiger charge is -2.16. The Balaban J connectivity index is 0. The molecule has 0 spiro atoms. The SMILES string of the molecule is CCCCP(CCCC)CCCC.FC(Cl)(Cl)Cl. The molecule has 0 amide bonds. The van der Waals surface area contributed by atoms with E-state index in [-0.39, 0.29) is 0 Å². The van der Waals surface area contributed by atoms with Gasteiger partial charge in [-0.15, -0.1) is 7.92 Å². The second-order valence-corrected chi connectivity index (χ2v) is 9.16. The molecule has 0 aromatic heterocycles. The number of unbranched alkanes of at least 4 members (excludes halogenated alkanes) is 3. The smallest absolute Gasteiger partial charge is 0.189 e. The molecule has 0 saturated carbocycles. The average molecular weight is 340 g/mol. The highest BCUT2D eigenvalue weighted by molar-refractivity contribution is 7.57. The van der Waals surface area contributed by atoms with Crippen LogP contribution < -0.4 is 0 Å². The molecule has 0 aliphatic heterocycles. The Labute approximate surface area is 129 Å². The van der Waals surface area contributed by atoms with Gasteiger partial charge in [0.2, 0.25) is 0 Å². The molecule has 0 aromatic carbocycles. The van der Waals surface area contributed by atoms with Crippen LogP contribution in [0.4, 0.5) is 4.39 Å². The van der Waals surface area contributed by atoms with Crippen LogP contribution in [-0.2, 0) is 0 Å². The summed E-state index contributed by atoms with van der Waals surface area (Å²) in [6.45, 7) is 6.94. The van der Waals surface area contributed by atoms with Crippen molar-refractivity contribution in [3.63, 3.8) is 0 Å². The van der Waals surface area contributed by atoms with E-state index in [2.05, 4.69) is 55.6 Å². The van der Waals surface area contributed by atoms with Crippen molar-refractivity contribution in [2.24, 2.45) is 0 Å². The van der Waals surface area contributed by atoms with E-state index in [0.717, 1.165) is 0 Å². The van der Waals surface area contributed by atoms with Crippen molar-refractivity contribution in [1.82, 2.24) is 0 Å². The van der Waals surface area contributed by atoms with Crippen molar-refractivity contribution in [2.45, 2.75) is 63.3 Å². The molecule has 0 fully saturated rings. The lowest BCUT2D eigenvalue weighted by molar-refractivity contribution is 0.507. The first-order chi connectivity index (χ1) is 8.35. The molecule has 18 heavy (non-hydrogen) atoms. The molecule has 0 aliphatic carbocycles. The van der Waals surface area contributed by atoms with Gasteiger partial charge in [0, 0.05) is 0 Å². The first-order valence-electron chi connectivity index (χ1n) is 6.83. The lowest BCUT2D eigenvalue weighted by atomic mass is 10.4. The second-order valence-electron chi connectivity index (χ2n) is 4.33. The van der Waals surface area contributed by atoms with E-state index in [1.807, 2.05) is 0 Å². The second kappa shape index (κ2) is 14.6. The van der Waals surface area contributed by atoms with E-state index >= 15 is 0 Å². The number of alkyl halides is 4. The van der Waals surface area contributed by atoms with E-state index in [9.17, 15) is 4.39 Å². The van der Waals surface area contributed by atoms with E-state index < -0.39 is 4.05 Å². The Bertz CT molecular complexity index is 138. The van der Waals surface area contributed by atoms with E-state index in [0.29, 0.717) is 7.92 Å². The molecule has 0 aliphatic rings. The molecule has 0 unspecified atom stereocenters. The molecule has 112 valence electrons. The van der Waals surface area contributed by atoms with Gasteiger partial charge >= 0.3 is 4.05 Å². The topological polar surface area (TPSA) is 0 Å². The maximum absolute atomic E-state index is 11.0. The van der Waals surface area contributed by atoms with Gasteiger partial charge in [0.05, 0.1) is 0 Å². The quantitative estimate of drug-likeness (QED) is 0.309. The molecule has 0 aromatic rings. The van der Waals surface area contributed by atoms with Gasteiger partial charge in [0.1, 0.15) is 0 Å². The van der Waals surface area contributed by atoms with Crippen molar-refractivity contribution < 1.29 is 4.39 Å². The first-order valence-corrected chi connectivity index (χ1v) is 9.86. The minimum atomic E-state index is -2.58. The van der Waals surface area contributed by atoms with Crippen LogP contribution in [0.25, 0.3) is 0 Å². The van der Waals surface area contributed by atoms with Gasteiger partial charge < -0.3 is 0 Å². The van der Waals surface area contributed by atoms with Gasteiger partial charge in [-0.2, -0.15) is 4.39 Å². The number of hydrogen-bond donors (Lipinski definition) is 0. The maximum atomic E-state index is 11.0. The van der Waals surface area contributed by atoms with Crippen LogP contribution in [0.1, 0.15) is 59.3 Å². The predicted molar refractivity (Wildman–Crippen MR) is 87.6 cm³/mol. The zero-order chi connectivity index (χ0) is 14.4. The summed E-state index contributed by atoms with van der Waals surface area (Å²) in [6, 6.07) is 0. The summed E-state index contributed by atoms with van der Waals surface area (Å²) in [6.07, 6.45) is 13.2. The molecule has 0 N–H and O–H groups in total. The van der Waals surface area contributed by atoms with Gasteiger partial charge in [-0.05, 0) is 72.6 Å². The Morgan fingerprint density at radius 1 is 0.778 bits per heavy atom. The lowest BCUT2D eigenvalue weighted by Crippen LogP contribution is -1.95. The molecule has 0 rings (SSSR count). The molecular formula is C13H27Cl3FP. The standard InChI is InChI=1S/C12H27P.CCl3F/c1-4-7-10-13(11-8-5-2)12-9-6-3;2-1(3,4)5/h4-12H2,1-3H3;. The zero-order valence-electron chi connectivity index (χ0n) is 11.8. The largest absolute Gasteiger partial charge is 0.333 e. The summed E-state index contributed by atoms with van der Waals surface area (Å²) >= 11 is 13.2. The Hall–Kier alpha value is 1.23. The van der Waals surface area contributed by atoms with Crippen LogP contribution >= 0.6 is 42.7 Å². The van der Waals surface area contributed by atoms with Gasteiger partial charge in [-0.1, -0.05) is 40.0 Å². The predicted octanol–water partition coefficient (Wildman–Crippen LogP) is 7.15. The molecule has 0 saturated heterocycles. The summed E-state index contributed by atoms with van der Waals surface area (Å²) in [4.78, 5) is 0. The molecule has 0 bridgehead atoms. The molecule has 0 radical (unpaired) electrons. The normalized spacial score (nSPS) is 11.3. The van der Waals surface area contributed by atoms with Gasteiger partial charge in [-0.3, -0.25) is 0 Å². The van der Waals surface area contributed by atoms with Crippen molar-refractivity contribution in [3.05, 3.63) is 0 Å². The molecule has 0 nitrogen and oxygen atoms in total. The fourth-order valence-corrected chi connectivity index (χ4v) is 4.44. The molecule has 0 atom stereocenters. The van der Waals surface area contributed by atoms with Gasteiger partial charge in [-0.25, -0.2) is 0 Å². The Morgan fingerprint density at radius 3 is 1.17 bits per heavy atom. The minimum Gasteiger partial charge on any atom is -0.189 e. The van der Waals surface area contributed by atoms with Crippen LogP contribution in [-0.4, -0.2) is 22.5 Å². The van der Waals surface area contributed by atoms with Crippen molar-refractivity contribution in [1.29, 1.82) is 0 Å². The van der Waals surface area contributed by atoms with E-state index in [1.54, 1.807) is 18.5 Å². The molecule has 0 heterocycles. The average Bonchev–Trinajstić information content (AvgIpc) is 2.26. The molecule has 5 heteroatoms. The highest BCUT2D eigenvalue weighted by Gasteiger charge is 2.14. The highest BCUT2D eigenvalue weighted by Crippen LogP contribution is 2.38. The summed E-state index contributed by atoms with van der Waals surface area (Å²) in [5.74, 6) is 0. The first kappa shape index (κ1) is 21.5. The van der Waals surface area contributed by atoms with Crippen molar-refractivity contribution in [2.75, 3.05) is 18.5 Å². The fourth-order valence-electron chi connectivity index (χ4n) is 1.48. The summed E-state index contributed by atoms with van der Waals surface area (Å²) in [7, 11) is 0.422. The number of rotatable bonds is 9. The summed E-state index contributed by atoms with van der Waals surface area (Å²) in [5, 5.41) is 0. The Morgan fingerprint density at radius 2 is 1.00 bits per heavy atom. The monoisotopic (exact) mass is 338 g/mol. The van der Waals surface area contributed by atoms with Crippen LogP contribution in [0.15, 0.2) is 0 Å². The zero-order valence-corrected chi connectivity index (χ0v) is 15.0. The van der Waals surface area contributed by atoms with Crippen LogP contribution in [0.2, 0.25) is 0 Å². The summed E-state index contributed by atoms with van der Waals surface area (Å²) in [5.41, 5.74) is 0. The minimum absolute atomic E-state index is 0.422. The maximum Gasteiger partial charge on any atom is 0.333 e. The van der Waals surface area contributed by atoms with Crippen LogP contribution in [0.5, 0.6) is 0 Å². The third-order valence-corrected chi connectivity index (χ3v) is 5.33. The highest BCUT2D eigenvalue weighted by atomic mass is 35.6. The fraction of sp³-hybridized carbons (Fsp3) is 1.00. The third kappa shape index (κ3) is 25.9. The number of hydrogen-bond acceptors (Lipinski definition) is 0. The van der Waals surface area contributed by atoms with Crippen molar-refractivity contribution in [3.8, 4) is 0 Å².